The summed E-state index contributed by atoms with van der Waals surface area (Å²) in [6, 6.07) is 0. The molecule has 0 saturated carbocycles. The van der Waals surface area contributed by atoms with E-state index in [4.69, 9.17) is 10.5 Å². The predicted octanol–water partition coefficient (Wildman–Crippen LogP) is 4.28. The Morgan fingerprint density at radius 2 is 2.08 bits per heavy atom. The molecule has 0 aromatic rings. The molecule has 0 amide bonds. The van der Waals surface area contributed by atoms with E-state index in [0.717, 1.165) is 23.1 Å². The normalized spacial score (nSPS) is 21.9. The molecule has 0 radical (unpaired) electrons. The Hall–Kier alpha value is -2.21. The fourth-order valence-corrected chi connectivity index (χ4v) is 2.14. The summed E-state index contributed by atoms with van der Waals surface area (Å²) in [5, 5.41) is 0. The largest absolute Gasteiger partial charge is 0.466 e. The van der Waals surface area contributed by atoms with Crippen molar-refractivity contribution in [2.45, 2.75) is 47.5 Å². The Balaban J connectivity index is 3.05. The molecule has 0 unspecified atom stereocenters. The third kappa shape index (κ3) is 5.77. The lowest BCUT2D eigenvalue weighted by molar-refractivity contribution is -0.153. The van der Waals surface area contributed by atoms with Gasteiger partial charge in [-0.25, -0.2) is 0 Å². The Morgan fingerprint density at radius 3 is 2.67 bits per heavy atom. The number of hydrogen-bond donors (Lipinski definition) is 1. The highest BCUT2D eigenvalue weighted by molar-refractivity contribution is 5.76. The molecule has 3 nitrogen and oxygen atoms in total. The average molecular weight is 327 g/mol. The summed E-state index contributed by atoms with van der Waals surface area (Å²) in [5.74, 6) is 6.36. The summed E-state index contributed by atoms with van der Waals surface area (Å²) in [7, 11) is 0. The standard InChI is InChI=1S/C21H29NO2/c1-7-24-20(23)21(5,6)12-8-9-17-14-18(15(2)3)13-16(4)10-11-19(17)22/h11,13-15H,4,7,10,12,22H2,1-3,5-6H3/b17-14-,18-13+,19-11-. The van der Waals surface area contributed by atoms with Gasteiger partial charge in [0.1, 0.15) is 0 Å². The lowest BCUT2D eigenvalue weighted by Gasteiger charge is -2.19. The zero-order chi connectivity index (χ0) is 18.3. The molecular formula is C21H29NO2. The molecular weight excluding hydrogens is 298 g/mol. The molecule has 1 rings (SSSR count). The van der Waals surface area contributed by atoms with Gasteiger partial charge in [0.05, 0.1) is 12.0 Å². The van der Waals surface area contributed by atoms with Gasteiger partial charge < -0.3 is 10.5 Å². The van der Waals surface area contributed by atoms with Crippen LogP contribution >= 0.6 is 0 Å². The summed E-state index contributed by atoms with van der Waals surface area (Å²) < 4.78 is 5.09. The second kappa shape index (κ2) is 8.59. The molecule has 0 heterocycles. The quantitative estimate of drug-likeness (QED) is 0.619. The molecule has 0 fully saturated rings. The van der Waals surface area contributed by atoms with Crippen molar-refractivity contribution in [1.29, 1.82) is 0 Å². The first-order valence-corrected chi connectivity index (χ1v) is 8.40. The smallest absolute Gasteiger partial charge is 0.312 e. The van der Waals surface area contributed by atoms with Crippen LogP contribution in [0.15, 0.2) is 47.2 Å². The number of carbonyl (C=O) groups is 1. The first kappa shape index (κ1) is 19.8. The van der Waals surface area contributed by atoms with Gasteiger partial charge in [0.2, 0.25) is 0 Å². The Bertz CT molecular complexity index is 649. The number of carbonyl (C=O) groups excluding carboxylic acids is 1. The minimum atomic E-state index is -0.630. The van der Waals surface area contributed by atoms with Crippen LogP contribution in [0.1, 0.15) is 47.5 Å². The van der Waals surface area contributed by atoms with E-state index in [0.29, 0.717) is 24.6 Å². The van der Waals surface area contributed by atoms with Crippen LogP contribution in [0, 0.1) is 23.2 Å². The van der Waals surface area contributed by atoms with E-state index in [9.17, 15) is 4.79 Å². The van der Waals surface area contributed by atoms with Crippen molar-refractivity contribution in [1.82, 2.24) is 0 Å². The van der Waals surface area contributed by atoms with Gasteiger partial charge in [-0.3, -0.25) is 4.79 Å². The molecule has 2 N–H and O–H groups in total. The maximum absolute atomic E-state index is 11.9. The first-order valence-electron chi connectivity index (χ1n) is 8.40. The van der Waals surface area contributed by atoms with Gasteiger partial charge in [0.15, 0.2) is 0 Å². The second-order valence-corrected chi connectivity index (χ2v) is 6.96. The van der Waals surface area contributed by atoms with Crippen molar-refractivity contribution < 1.29 is 9.53 Å². The van der Waals surface area contributed by atoms with Crippen LogP contribution in [-0.4, -0.2) is 12.6 Å². The van der Waals surface area contributed by atoms with E-state index in [1.807, 2.05) is 26.0 Å². The van der Waals surface area contributed by atoms with Gasteiger partial charge in [-0.15, -0.1) is 0 Å². The van der Waals surface area contributed by atoms with Crippen molar-refractivity contribution in [3.8, 4) is 11.8 Å². The average Bonchev–Trinajstić information content (AvgIpc) is 2.49. The van der Waals surface area contributed by atoms with E-state index in [1.54, 1.807) is 6.92 Å². The second-order valence-electron chi connectivity index (χ2n) is 6.96. The minimum absolute atomic E-state index is 0.228. The van der Waals surface area contributed by atoms with E-state index >= 15 is 0 Å². The van der Waals surface area contributed by atoms with Crippen molar-refractivity contribution in [3.63, 3.8) is 0 Å². The Labute approximate surface area is 146 Å². The van der Waals surface area contributed by atoms with Gasteiger partial charge in [-0.05, 0) is 44.8 Å². The highest BCUT2D eigenvalue weighted by atomic mass is 16.5. The predicted molar refractivity (Wildman–Crippen MR) is 99.8 cm³/mol. The molecule has 0 saturated heterocycles. The van der Waals surface area contributed by atoms with E-state index in [1.165, 1.54) is 0 Å². The Kier molecular flexibility index (Phi) is 7.10. The summed E-state index contributed by atoms with van der Waals surface area (Å²) >= 11 is 0. The number of esters is 1. The van der Waals surface area contributed by atoms with Crippen LogP contribution in [-0.2, 0) is 9.53 Å². The van der Waals surface area contributed by atoms with Crippen LogP contribution in [0.5, 0.6) is 0 Å². The lowest BCUT2D eigenvalue weighted by Crippen LogP contribution is -2.26. The maximum atomic E-state index is 11.9. The molecule has 1 aliphatic carbocycles. The Morgan fingerprint density at radius 1 is 1.42 bits per heavy atom. The van der Waals surface area contributed by atoms with Crippen LogP contribution in [0.2, 0.25) is 0 Å². The first-order chi connectivity index (χ1) is 11.2. The van der Waals surface area contributed by atoms with Crippen LogP contribution in [0.3, 0.4) is 0 Å². The zero-order valence-electron chi connectivity index (χ0n) is 15.5. The van der Waals surface area contributed by atoms with E-state index in [2.05, 4.69) is 38.3 Å². The van der Waals surface area contributed by atoms with Crippen molar-refractivity contribution >= 4 is 5.97 Å². The molecule has 3 heteroatoms. The number of hydrogen-bond acceptors (Lipinski definition) is 3. The molecule has 130 valence electrons. The third-order valence-corrected chi connectivity index (χ3v) is 3.83. The van der Waals surface area contributed by atoms with Gasteiger partial charge >= 0.3 is 5.97 Å². The van der Waals surface area contributed by atoms with Crippen LogP contribution in [0.25, 0.3) is 0 Å². The molecule has 1 aliphatic rings. The summed E-state index contributed by atoms with van der Waals surface area (Å²) in [4.78, 5) is 11.9. The molecule has 0 aliphatic heterocycles. The van der Waals surface area contributed by atoms with E-state index < -0.39 is 5.41 Å². The fourth-order valence-electron chi connectivity index (χ4n) is 2.14. The number of nitrogens with two attached hydrogens (primary N) is 1. The van der Waals surface area contributed by atoms with Crippen molar-refractivity contribution in [2.75, 3.05) is 6.61 Å². The zero-order valence-corrected chi connectivity index (χ0v) is 15.5. The molecule has 0 spiro atoms. The molecule has 0 aromatic heterocycles. The topological polar surface area (TPSA) is 52.3 Å². The lowest BCUT2D eigenvalue weighted by atomic mass is 9.89. The van der Waals surface area contributed by atoms with Crippen molar-refractivity contribution in [2.24, 2.45) is 17.1 Å². The monoisotopic (exact) mass is 327 g/mol. The fraction of sp³-hybridized carbons (Fsp3) is 0.476. The molecule has 0 aromatic carbocycles. The third-order valence-electron chi connectivity index (χ3n) is 3.83. The number of rotatable bonds is 4. The molecule has 24 heavy (non-hydrogen) atoms. The summed E-state index contributed by atoms with van der Waals surface area (Å²) in [5.41, 5.74) is 9.17. The van der Waals surface area contributed by atoms with Gasteiger partial charge in [0.25, 0.3) is 0 Å². The number of ether oxygens (including phenoxy) is 1. The van der Waals surface area contributed by atoms with Gasteiger partial charge in [0, 0.05) is 17.7 Å². The SMILES string of the molecule is C=C1\C=C(C(C)C)/C=C(C#CCC(C)(C)C(=O)OCC)\C(N)=C\C1. The number of allylic oxidation sites excluding steroid dienone is 6. The summed E-state index contributed by atoms with van der Waals surface area (Å²) in [6.45, 7) is 14.2. The highest BCUT2D eigenvalue weighted by Crippen LogP contribution is 2.24. The van der Waals surface area contributed by atoms with Gasteiger partial charge in [-0.2, -0.15) is 0 Å². The van der Waals surface area contributed by atoms with Crippen LogP contribution in [0.4, 0.5) is 0 Å². The maximum Gasteiger partial charge on any atom is 0.312 e. The van der Waals surface area contributed by atoms with E-state index in [-0.39, 0.29) is 5.97 Å². The summed E-state index contributed by atoms with van der Waals surface area (Å²) in [6.07, 6.45) is 7.19. The minimum Gasteiger partial charge on any atom is -0.466 e. The molecule has 0 atom stereocenters. The van der Waals surface area contributed by atoms with Crippen molar-refractivity contribution in [3.05, 3.63) is 47.2 Å². The molecule has 0 bridgehead atoms. The van der Waals surface area contributed by atoms with Gasteiger partial charge in [-0.1, -0.05) is 50.0 Å². The van der Waals surface area contributed by atoms with Crippen LogP contribution < -0.4 is 5.73 Å². The highest BCUT2D eigenvalue weighted by Gasteiger charge is 2.28.